The van der Waals surface area contributed by atoms with E-state index >= 15 is 8.78 Å². The Hall–Kier alpha value is -3.93. The molecule has 2 heterocycles. The van der Waals surface area contributed by atoms with Crippen molar-refractivity contribution in [2.75, 3.05) is 16.2 Å². The van der Waals surface area contributed by atoms with E-state index in [2.05, 4.69) is 20.3 Å². The Morgan fingerprint density at radius 3 is 2.28 bits per heavy atom. The van der Waals surface area contributed by atoms with Crippen LogP contribution in [0.4, 0.5) is 38.4 Å². The van der Waals surface area contributed by atoms with Gasteiger partial charge in [0.15, 0.2) is 5.65 Å². The molecule has 0 aliphatic heterocycles. The van der Waals surface area contributed by atoms with E-state index < -0.39 is 82.3 Å². The SMILES string of the molecule is CC(C)n1c(=O)c(-c2c(F)cc(N(CCC(F)(F)F)S(=O)[O-])cc2F)nc2cnc(NC3CCC(OC(N)=O)(C(C)(C)C)CC3)nc21. The van der Waals surface area contributed by atoms with Gasteiger partial charge in [0, 0.05) is 35.3 Å². The van der Waals surface area contributed by atoms with Gasteiger partial charge in [-0.05, 0) is 51.7 Å². The standard InChI is InChI=1S/C29H36F5N7O5S/c1-15(2)41-23-20(14-36-26(39-23)37-16-6-8-28(9-7-16,27(3,4)5)46-25(35)43)38-22(24(41)42)21-18(30)12-17(13-19(21)31)40(47(44)45)11-10-29(32,33)34/h12-16H,6-11H2,1-5H3,(H2,35,43)(H,44,45)(H,36,37,39)/p-1. The molecule has 2 aromatic heterocycles. The first-order valence-electron chi connectivity index (χ1n) is 14.7. The van der Waals surface area contributed by atoms with Crippen LogP contribution in [0.2, 0.25) is 0 Å². The number of halogens is 5. The van der Waals surface area contributed by atoms with Gasteiger partial charge in [-0.25, -0.2) is 23.5 Å². The molecule has 258 valence electrons. The van der Waals surface area contributed by atoms with Crippen LogP contribution in [0.15, 0.2) is 23.1 Å². The fourth-order valence-corrected chi connectivity index (χ4v) is 6.29. The monoisotopic (exact) mass is 688 g/mol. The van der Waals surface area contributed by atoms with E-state index in [-0.39, 0.29) is 32.9 Å². The van der Waals surface area contributed by atoms with Gasteiger partial charge >= 0.3 is 12.3 Å². The molecule has 1 saturated carbocycles. The Morgan fingerprint density at radius 1 is 1.19 bits per heavy atom. The Morgan fingerprint density at radius 2 is 1.79 bits per heavy atom. The van der Waals surface area contributed by atoms with Gasteiger partial charge in [-0.2, -0.15) is 18.2 Å². The van der Waals surface area contributed by atoms with Crippen LogP contribution in [-0.4, -0.2) is 58.7 Å². The third-order valence-electron chi connectivity index (χ3n) is 8.27. The summed E-state index contributed by atoms with van der Waals surface area (Å²) >= 11 is -3.28. The molecule has 4 rings (SSSR count). The summed E-state index contributed by atoms with van der Waals surface area (Å²) in [6, 6.07) is 0.346. The second kappa shape index (κ2) is 13.3. The average molecular weight is 689 g/mol. The molecule has 0 radical (unpaired) electrons. The van der Waals surface area contributed by atoms with E-state index in [1.807, 2.05) is 20.8 Å². The summed E-state index contributed by atoms with van der Waals surface area (Å²) in [5.74, 6) is -2.66. The highest BCUT2D eigenvalue weighted by Gasteiger charge is 2.47. The van der Waals surface area contributed by atoms with Crippen LogP contribution in [0, 0.1) is 17.0 Å². The third kappa shape index (κ3) is 7.80. The zero-order valence-electron chi connectivity index (χ0n) is 26.3. The van der Waals surface area contributed by atoms with E-state index in [4.69, 9.17) is 10.5 Å². The van der Waals surface area contributed by atoms with Gasteiger partial charge < -0.3 is 24.6 Å². The minimum atomic E-state index is -4.72. The molecule has 1 aliphatic rings. The molecular formula is C29H35F5N7O5S-. The topological polar surface area (TPSA) is 168 Å². The molecule has 1 aromatic carbocycles. The normalized spacial score (nSPS) is 19.5. The molecule has 3 aromatic rings. The Labute approximate surface area is 269 Å². The van der Waals surface area contributed by atoms with Crippen molar-refractivity contribution in [1.82, 2.24) is 19.5 Å². The zero-order valence-corrected chi connectivity index (χ0v) is 27.1. The van der Waals surface area contributed by atoms with Crippen LogP contribution >= 0.6 is 0 Å². The second-order valence-corrected chi connectivity index (χ2v) is 13.6. The number of aromatic nitrogens is 4. The van der Waals surface area contributed by atoms with Crippen molar-refractivity contribution in [3.8, 4) is 11.3 Å². The number of fused-ring (bicyclic) bond motifs is 1. The summed E-state index contributed by atoms with van der Waals surface area (Å²) in [5.41, 5.74) is 1.14. The maximum absolute atomic E-state index is 15.4. The highest BCUT2D eigenvalue weighted by atomic mass is 32.2. The Bertz CT molecular complexity index is 1710. The van der Waals surface area contributed by atoms with Crippen molar-refractivity contribution in [1.29, 1.82) is 0 Å². The van der Waals surface area contributed by atoms with Gasteiger partial charge in [0.25, 0.3) is 5.56 Å². The van der Waals surface area contributed by atoms with Crippen molar-refractivity contribution in [2.45, 2.75) is 90.6 Å². The number of nitrogens with zero attached hydrogens (tertiary/aromatic N) is 5. The van der Waals surface area contributed by atoms with Crippen molar-refractivity contribution >= 4 is 40.2 Å². The number of nitrogens with one attached hydrogen (secondary N) is 1. The van der Waals surface area contributed by atoms with Crippen LogP contribution in [-0.2, 0) is 16.0 Å². The largest absolute Gasteiger partial charge is 0.755 e. The van der Waals surface area contributed by atoms with Gasteiger partial charge in [0.1, 0.15) is 28.4 Å². The van der Waals surface area contributed by atoms with E-state index in [1.165, 1.54) is 10.8 Å². The molecule has 1 aliphatic carbocycles. The maximum atomic E-state index is 15.4. The van der Waals surface area contributed by atoms with Crippen molar-refractivity contribution in [3.63, 3.8) is 0 Å². The number of amides is 1. The first-order chi connectivity index (χ1) is 21.7. The average Bonchev–Trinajstić information content (AvgIpc) is 2.92. The number of carbonyl (C=O) groups is 1. The molecule has 0 spiro atoms. The zero-order chi connectivity index (χ0) is 35.1. The van der Waals surface area contributed by atoms with E-state index in [0.717, 1.165) is 0 Å². The number of rotatable bonds is 9. The van der Waals surface area contributed by atoms with Crippen molar-refractivity contribution in [3.05, 3.63) is 40.3 Å². The number of nitrogens with two attached hydrogens (primary N) is 1. The number of benzene rings is 1. The van der Waals surface area contributed by atoms with Gasteiger partial charge in [0.05, 0.1) is 23.9 Å². The van der Waals surface area contributed by atoms with E-state index in [9.17, 15) is 31.5 Å². The minimum absolute atomic E-state index is 0.0134. The smallest absolute Gasteiger partial charge is 0.405 e. The molecule has 1 fully saturated rings. The van der Waals surface area contributed by atoms with E-state index in [0.29, 0.717) is 37.8 Å². The Kier molecular flexibility index (Phi) is 10.2. The molecule has 1 atom stereocenters. The molecule has 1 unspecified atom stereocenters. The number of primary amides is 1. The van der Waals surface area contributed by atoms with Gasteiger partial charge in [0.2, 0.25) is 5.95 Å². The lowest BCUT2D eigenvalue weighted by Crippen LogP contribution is -2.51. The fraction of sp³-hybridized carbons (Fsp3) is 0.552. The number of alkyl halides is 3. The quantitative estimate of drug-likeness (QED) is 0.218. The van der Waals surface area contributed by atoms with Gasteiger partial charge in [-0.1, -0.05) is 20.8 Å². The molecule has 1 amide bonds. The molecule has 47 heavy (non-hydrogen) atoms. The summed E-state index contributed by atoms with van der Waals surface area (Å²) in [7, 11) is 0. The van der Waals surface area contributed by atoms with Crippen molar-refractivity contribution < 1.29 is 40.2 Å². The lowest BCUT2D eigenvalue weighted by atomic mass is 9.67. The minimum Gasteiger partial charge on any atom is -0.755 e. The first kappa shape index (κ1) is 35.9. The number of ether oxygens (including phenoxy) is 1. The van der Waals surface area contributed by atoms with E-state index in [1.54, 1.807) is 13.8 Å². The molecular weight excluding hydrogens is 653 g/mol. The van der Waals surface area contributed by atoms with Crippen LogP contribution < -0.4 is 20.9 Å². The molecule has 18 heteroatoms. The lowest BCUT2D eigenvalue weighted by molar-refractivity contribution is -0.132. The predicted octanol–water partition coefficient (Wildman–Crippen LogP) is 5.50. The number of hydrogen-bond donors (Lipinski definition) is 2. The first-order valence-corrected chi connectivity index (χ1v) is 15.7. The molecule has 12 nitrogen and oxygen atoms in total. The highest BCUT2D eigenvalue weighted by Crippen LogP contribution is 2.45. The lowest BCUT2D eigenvalue weighted by Gasteiger charge is -2.47. The maximum Gasteiger partial charge on any atom is 0.405 e. The fourth-order valence-electron chi connectivity index (χ4n) is 5.77. The second-order valence-electron chi connectivity index (χ2n) is 12.7. The highest BCUT2D eigenvalue weighted by molar-refractivity contribution is 7.80. The summed E-state index contributed by atoms with van der Waals surface area (Å²) in [5, 5.41) is 3.23. The Balaban J connectivity index is 1.67. The van der Waals surface area contributed by atoms with Crippen LogP contribution in [0.1, 0.15) is 72.8 Å². The van der Waals surface area contributed by atoms with Crippen LogP contribution in [0.5, 0.6) is 0 Å². The number of carbonyl (C=O) groups excluding carboxylic acids is 1. The molecule has 0 saturated heterocycles. The number of hydrogen-bond acceptors (Lipinski definition) is 9. The van der Waals surface area contributed by atoms with Crippen molar-refractivity contribution in [2.24, 2.45) is 11.1 Å². The molecule has 0 bridgehead atoms. The molecule has 3 N–H and O–H groups in total. The summed E-state index contributed by atoms with van der Waals surface area (Å²) < 4.78 is 98.9. The summed E-state index contributed by atoms with van der Waals surface area (Å²) in [6.07, 6.45) is -3.64. The predicted molar refractivity (Wildman–Crippen MR) is 163 cm³/mol. The summed E-state index contributed by atoms with van der Waals surface area (Å²) in [4.78, 5) is 38.2. The van der Waals surface area contributed by atoms with Crippen LogP contribution in [0.3, 0.4) is 0 Å². The number of anilines is 2. The summed E-state index contributed by atoms with van der Waals surface area (Å²) in [6.45, 7) is 8.08. The third-order valence-corrected chi connectivity index (χ3v) is 9.02. The van der Waals surface area contributed by atoms with Gasteiger partial charge in [-0.15, -0.1) is 0 Å². The van der Waals surface area contributed by atoms with Gasteiger partial charge in [-0.3, -0.25) is 13.6 Å². The van der Waals surface area contributed by atoms with Crippen LogP contribution in [0.25, 0.3) is 22.4 Å².